The van der Waals surface area contributed by atoms with Crippen LogP contribution in [0.4, 0.5) is 17.6 Å². The fourth-order valence-corrected chi connectivity index (χ4v) is 2.62. The molecule has 0 radical (unpaired) electrons. The van der Waals surface area contributed by atoms with Gasteiger partial charge < -0.3 is 10.4 Å². The first-order valence-electron chi connectivity index (χ1n) is 6.02. The monoisotopic (exact) mass is 291 g/mol. The highest BCUT2D eigenvalue weighted by Gasteiger charge is 2.66. The van der Waals surface area contributed by atoms with Crippen molar-refractivity contribution in [3.05, 3.63) is 35.6 Å². The van der Waals surface area contributed by atoms with E-state index in [-0.39, 0.29) is 13.0 Å². The van der Waals surface area contributed by atoms with Gasteiger partial charge >= 0.3 is 12.1 Å². The van der Waals surface area contributed by atoms with Crippen LogP contribution in [0.25, 0.3) is 0 Å². The second-order valence-electron chi connectivity index (χ2n) is 4.93. The maximum Gasteiger partial charge on any atom is 0.406 e. The van der Waals surface area contributed by atoms with Crippen molar-refractivity contribution in [3.8, 4) is 0 Å². The summed E-state index contributed by atoms with van der Waals surface area (Å²) in [7, 11) is 0. The number of halogens is 4. The Hall–Kier alpha value is -1.63. The lowest BCUT2D eigenvalue weighted by molar-refractivity contribution is -0.236. The first-order chi connectivity index (χ1) is 9.27. The van der Waals surface area contributed by atoms with Crippen molar-refractivity contribution in [2.45, 2.75) is 12.6 Å². The number of hydrogen-bond acceptors (Lipinski definition) is 2. The van der Waals surface area contributed by atoms with Crippen molar-refractivity contribution in [1.29, 1.82) is 0 Å². The first kappa shape index (κ1) is 14.8. The second-order valence-corrected chi connectivity index (χ2v) is 4.93. The minimum Gasteiger partial charge on any atom is -0.481 e. The third-order valence-electron chi connectivity index (χ3n) is 3.77. The van der Waals surface area contributed by atoms with E-state index >= 15 is 0 Å². The molecule has 7 heteroatoms. The Bertz CT molecular complexity index is 500. The molecule has 1 heterocycles. The van der Waals surface area contributed by atoms with Crippen molar-refractivity contribution in [3.63, 3.8) is 0 Å². The van der Waals surface area contributed by atoms with E-state index in [4.69, 9.17) is 5.11 Å². The van der Waals surface area contributed by atoms with Gasteiger partial charge in [-0.15, -0.1) is 0 Å². The molecule has 0 saturated carbocycles. The van der Waals surface area contributed by atoms with Crippen LogP contribution in [0.5, 0.6) is 0 Å². The molecular weight excluding hydrogens is 278 g/mol. The van der Waals surface area contributed by atoms with Gasteiger partial charge in [0.1, 0.15) is 5.82 Å². The quantitative estimate of drug-likeness (QED) is 0.840. The van der Waals surface area contributed by atoms with Crippen LogP contribution in [0.1, 0.15) is 5.56 Å². The van der Waals surface area contributed by atoms with Crippen molar-refractivity contribution in [2.24, 2.45) is 11.3 Å². The maximum absolute atomic E-state index is 13.2. The standard InChI is InChI=1S/C13H13F4NO2/c14-10-3-1-8(2-4-10)5-9-6-18-7-12(9,11(19)20)13(15,16)17/h1-4,9,18H,5-7H2,(H,19,20)/t9-,12-/m1/s1. The summed E-state index contributed by atoms with van der Waals surface area (Å²) in [6, 6.07) is 5.04. The second kappa shape index (κ2) is 5.05. The number of hydrogen-bond donors (Lipinski definition) is 2. The van der Waals surface area contributed by atoms with Gasteiger partial charge in [-0.25, -0.2) is 4.39 Å². The number of carboxylic acids is 1. The van der Waals surface area contributed by atoms with Crippen LogP contribution in [-0.4, -0.2) is 30.3 Å². The van der Waals surface area contributed by atoms with Crippen LogP contribution in [0.15, 0.2) is 24.3 Å². The summed E-state index contributed by atoms with van der Waals surface area (Å²) in [6.07, 6.45) is -4.91. The van der Waals surface area contributed by atoms with Gasteiger partial charge in [0, 0.05) is 12.5 Å². The van der Waals surface area contributed by atoms with Crippen molar-refractivity contribution < 1.29 is 27.5 Å². The number of alkyl halides is 3. The number of carboxylic acid groups (broad SMARTS) is 1. The zero-order valence-electron chi connectivity index (χ0n) is 10.4. The molecule has 1 aromatic rings. The number of benzene rings is 1. The fourth-order valence-electron chi connectivity index (χ4n) is 2.62. The van der Waals surface area contributed by atoms with Gasteiger partial charge in [-0.3, -0.25) is 4.79 Å². The molecule has 2 N–H and O–H groups in total. The number of rotatable bonds is 3. The minimum atomic E-state index is -4.84. The Morgan fingerprint density at radius 1 is 1.35 bits per heavy atom. The summed E-state index contributed by atoms with van der Waals surface area (Å²) < 4.78 is 52.4. The summed E-state index contributed by atoms with van der Waals surface area (Å²) >= 11 is 0. The lowest BCUT2D eigenvalue weighted by atomic mass is 9.74. The molecule has 0 unspecified atom stereocenters. The molecule has 0 aliphatic carbocycles. The van der Waals surface area contributed by atoms with E-state index in [9.17, 15) is 22.4 Å². The van der Waals surface area contributed by atoms with E-state index in [1.54, 1.807) is 0 Å². The molecule has 1 aliphatic rings. The average molecular weight is 291 g/mol. The molecule has 1 aromatic carbocycles. The molecule has 0 bridgehead atoms. The molecule has 1 saturated heterocycles. The number of nitrogens with one attached hydrogen (secondary N) is 1. The lowest BCUT2D eigenvalue weighted by Gasteiger charge is -2.32. The highest BCUT2D eigenvalue weighted by Crippen LogP contribution is 2.47. The number of carbonyl (C=O) groups is 1. The molecule has 2 atom stereocenters. The Labute approximate surface area is 112 Å². The molecule has 2 rings (SSSR count). The van der Waals surface area contributed by atoms with Gasteiger partial charge in [0.05, 0.1) is 0 Å². The van der Waals surface area contributed by atoms with Crippen LogP contribution in [0.3, 0.4) is 0 Å². The van der Waals surface area contributed by atoms with Gasteiger partial charge in [-0.2, -0.15) is 13.2 Å². The zero-order valence-corrected chi connectivity index (χ0v) is 10.4. The maximum atomic E-state index is 13.2. The van der Waals surface area contributed by atoms with Gasteiger partial charge in [0.15, 0.2) is 5.41 Å². The lowest BCUT2D eigenvalue weighted by Crippen LogP contribution is -2.51. The minimum absolute atomic E-state index is 0.0385. The summed E-state index contributed by atoms with van der Waals surface area (Å²) in [5.41, 5.74) is -2.31. The van der Waals surface area contributed by atoms with Crippen LogP contribution in [0, 0.1) is 17.2 Å². The molecular formula is C13H13F4NO2. The summed E-state index contributed by atoms with van der Waals surface area (Å²) in [4.78, 5) is 11.2. The van der Waals surface area contributed by atoms with Gasteiger partial charge in [-0.1, -0.05) is 12.1 Å². The largest absolute Gasteiger partial charge is 0.481 e. The van der Waals surface area contributed by atoms with E-state index < -0.39 is 35.8 Å². The van der Waals surface area contributed by atoms with Gasteiger partial charge in [0.25, 0.3) is 0 Å². The summed E-state index contributed by atoms with van der Waals surface area (Å²) in [6.45, 7) is -0.680. The average Bonchev–Trinajstić information content (AvgIpc) is 2.76. The molecule has 0 aromatic heterocycles. The van der Waals surface area contributed by atoms with Gasteiger partial charge in [-0.05, 0) is 30.7 Å². The van der Waals surface area contributed by atoms with Crippen LogP contribution in [-0.2, 0) is 11.2 Å². The Morgan fingerprint density at radius 2 is 1.95 bits per heavy atom. The topological polar surface area (TPSA) is 49.3 Å². The summed E-state index contributed by atoms with van der Waals surface area (Å²) in [5.74, 6) is -3.48. The first-order valence-corrected chi connectivity index (χ1v) is 6.02. The molecule has 0 spiro atoms. The fraction of sp³-hybridized carbons (Fsp3) is 0.462. The zero-order chi connectivity index (χ0) is 15.0. The Kier molecular flexibility index (Phi) is 3.73. The van der Waals surface area contributed by atoms with E-state index in [1.165, 1.54) is 12.1 Å². The van der Waals surface area contributed by atoms with Crippen LogP contribution >= 0.6 is 0 Å². The van der Waals surface area contributed by atoms with E-state index in [1.807, 2.05) is 0 Å². The van der Waals surface area contributed by atoms with Crippen molar-refractivity contribution in [2.75, 3.05) is 13.1 Å². The highest BCUT2D eigenvalue weighted by atomic mass is 19.4. The van der Waals surface area contributed by atoms with E-state index in [2.05, 4.69) is 5.32 Å². The Balaban J connectivity index is 2.30. The molecule has 3 nitrogen and oxygen atoms in total. The predicted octanol–water partition coefficient (Wildman–Crippen LogP) is 2.22. The summed E-state index contributed by atoms with van der Waals surface area (Å²) in [5, 5.41) is 11.6. The van der Waals surface area contributed by atoms with E-state index in [0.717, 1.165) is 12.1 Å². The molecule has 20 heavy (non-hydrogen) atoms. The normalized spacial score (nSPS) is 26.7. The van der Waals surface area contributed by atoms with Gasteiger partial charge in [0.2, 0.25) is 0 Å². The predicted molar refractivity (Wildman–Crippen MR) is 62.6 cm³/mol. The molecule has 1 aliphatic heterocycles. The molecule has 1 fully saturated rings. The molecule has 0 amide bonds. The van der Waals surface area contributed by atoms with Crippen molar-refractivity contribution >= 4 is 5.97 Å². The SMILES string of the molecule is O=C(O)[C@@]1(C(F)(F)F)CNC[C@H]1Cc1ccc(F)cc1. The smallest absolute Gasteiger partial charge is 0.406 e. The highest BCUT2D eigenvalue weighted by molar-refractivity contribution is 5.77. The van der Waals surface area contributed by atoms with Crippen LogP contribution in [0.2, 0.25) is 0 Å². The third-order valence-corrected chi connectivity index (χ3v) is 3.77. The third kappa shape index (κ3) is 2.37. The number of aliphatic carboxylic acids is 1. The van der Waals surface area contributed by atoms with E-state index in [0.29, 0.717) is 5.56 Å². The molecule has 110 valence electrons. The van der Waals surface area contributed by atoms with Crippen molar-refractivity contribution in [1.82, 2.24) is 5.32 Å². The Morgan fingerprint density at radius 3 is 2.45 bits per heavy atom. The van der Waals surface area contributed by atoms with Crippen LogP contribution < -0.4 is 5.32 Å².